The van der Waals surface area contributed by atoms with Gasteiger partial charge in [-0.3, -0.25) is 0 Å². The highest BCUT2D eigenvalue weighted by Crippen LogP contribution is 2.19. The number of hydrogen-bond acceptors (Lipinski definition) is 4. The first-order valence-corrected chi connectivity index (χ1v) is 9.29. The molecule has 1 atom stereocenters. The highest BCUT2D eigenvalue weighted by atomic mass is 32.2. The molecular formula is C16H27NO3S. The van der Waals surface area contributed by atoms with Gasteiger partial charge in [0.15, 0.2) is 9.84 Å². The summed E-state index contributed by atoms with van der Waals surface area (Å²) in [6.07, 6.45) is 3.69. The molecule has 0 aliphatic rings. The second-order valence-corrected chi connectivity index (χ2v) is 7.31. The monoisotopic (exact) mass is 313 g/mol. The molecule has 0 saturated carbocycles. The van der Waals surface area contributed by atoms with Crippen molar-refractivity contribution in [1.29, 1.82) is 0 Å². The fourth-order valence-corrected chi connectivity index (χ4v) is 3.60. The van der Waals surface area contributed by atoms with Crippen LogP contribution in [-0.2, 0) is 9.84 Å². The summed E-state index contributed by atoms with van der Waals surface area (Å²) in [5.74, 6) is 0.761. The number of hydrogen-bond donors (Lipinski definition) is 1. The van der Waals surface area contributed by atoms with Gasteiger partial charge in [0.1, 0.15) is 5.75 Å². The molecular weight excluding hydrogens is 286 g/mol. The van der Waals surface area contributed by atoms with Gasteiger partial charge >= 0.3 is 0 Å². The predicted octanol–water partition coefficient (Wildman–Crippen LogP) is 3.03. The van der Waals surface area contributed by atoms with Gasteiger partial charge in [0.2, 0.25) is 0 Å². The number of methoxy groups -OCH3 is 1. The topological polar surface area (TPSA) is 55.4 Å². The van der Waals surface area contributed by atoms with Crippen molar-refractivity contribution in [3.63, 3.8) is 0 Å². The minimum absolute atomic E-state index is 0.185. The van der Waals surface area contributed by atoms with Crippen LogP contribution in [0.15, 0.2) is 29.2 Å². The van der Waals surface area contributed by atoms with Crippen LogP contribution in [0.5, 0.6) is 5.75 Å². The molecule has 4 nitrogen and oxygen atoms in total. The van der Waals surface area contributed by atoms with E-state index in [0.29, 0.717) is 23.1 Å². The van der Waals surface area contributed by atoms with Crippen LogP contribution in [0.2, 0.25) is 0 Å². The molecule has 1 unspecified atom stereocenters. The first-order valence-electron chi connectivity index (χ1n) is 7.63. The maximum Gasteiger partial charge on any atom is 0.178 e. The minimum atomic E-state index is -3.23. The summed E-state index contributed by atoms with van der Waals surface area (Å²) in [7, 11) is -1.69. The summed E-state index contributed by atoms with van der Waals surface area (Å²) < 4.78 is 29.7. The van der Waals surface area contributed by atoms with Crippen LogP contribution in [0.25, 0.3) is 0 Å². The molecule has 1 rings (SSSR count). The lowest BCUT2D eigenvalue weighted by molar-refractivity contribution is 0.413. The van der Waals surface area contributed by atoms with Gasteiger partial charge in [-0.1, -0.05) is 19.9 Å². The maximum absolute atomic E-state index is 12.3. The van der Waals surface area contributed by atoms with Crippen LogP contribution in [0.4, 0.5) is 0 Å². The van der Waals surface area contributed by atoms with Crippen LogP contribution in [0.1, 0.15) is 39.5 Å². The first-order chi connectivity index (χ1) is 10.0. The summed E-state index contributed by atoms with van der Waals surface area (Å²) in [6, 6.07) is 7.09. The largest absolute Gasteiger partial charge is 0.497 e. The Morgan fingerprint density at radius 2 is 2.05 bits per heavy atom. The van der Waals surface area contributed by atoms with Gasteiger partial charge in [-0.05, 0) is 50.4 Å². The summed E-state index contributed by atoms with van der Waals surface area (Å²) in [5, 5.41) is 3.45. The highest BCUT2D eigenvalue weighted by Gasteiger charge is 2.16. The Bertz CT molecular complexity index is 514. The normalized spacial score (nSPS) is 13.1. The average Bonchev–Trinajstić information content (AvgIpc) is 2.50. The Labute approximate surface area is 128 Å². The van der Waals surface area contributed by atoms with Gasteiger partial charge in [0.25, 0.3) is 0 Å². The van der Waals surface area contributed by atoms with E-state index in [1.165, 1.54) is 7.11 Å². The molecule has 0 aliphatic heterocycles. The molecule has 5 heteroatoms. The van der Waals surface area contributed by atoms with E-state index in [2.05, 4.69) is 19.2 Å². The Morgan fingerprint density at radius 1 is 1.29 bits per heavy atom. The van der Waals surface area contributed by atoms with E-state index in [9.17, 15) is 8.42 Å². The van der Waals surface area contributed by atoms with Gasteiger partial charge < -0.3 is 10.1 Å². The standard InChI is InChI=1S/C16H27NO3S/c1-4-11-17-14(5-2)8-7-12-21(18,19)16-10-6-9-15(13-16)20-3/h6,9-10,13-14,17H,4-5,7-8,11-12H2,1-3H3. The molecule has 1 aromatic carbocycles. The molecule has 0 aliphatic carbocycles. The zero-order chi connectivity index (χ0) is 15.7. The van der Waals surface area contributed by atoms with Crippen LogP contribution in [0, 0.1) is 0 Å². The smallest absolute Gasteiger partial charge is 0.178 e. The lowest BCUT2D eigenvalue weighted by atomic mass is 10.1. The summed E-state index contributed by atoms with van der Waals surface area (Å²) in [4.78, 5) is 0.344. The molecule has 0 saturated heterocycles. The van der Waals surface area contributed by atoms with Gasteiger partial charge in [0.05, 0.1) is 17.8 Å². The number of nitrogens with one attached hydrogen (secondary N) is 1. The fourth-order valence-electron chi connectivity index (χ4n) is 2.23. The van der Waals surface area contributed by atoms with Gasteiger partial charge in [-0.2, -0.15) is 0 Å². The van der Waals surface area contributed by atoms with Crippen LogP contribution in [-0.4, -0.2) is 33.9 Å². The molecule has 1 aromatic rings. The quantitative estimate of drug-likeness (QED) is 0.721. The van der Waals surface area contributed by atoms with Crippen molar-refractivity contribution >= 4 is 9.84 Å². The predicted molar refractivity (Wildman–Crippen MR) is 86.7 cm³/mol. The van der Waals surface area contributed by atoms with Crippen molar-refractivity contribution in [2.24, 2.45) is 0 Å². The Balaban J connectivity index is 2.56. The van der Waals surface area contributed by atoms with Crippen molar-refractivity contribution in [1.82, 2.24) is 5.32 Å². The van der Waals surface area contributed by atoms with Crippen molar-refractivity contribution in [3.8, 4) is 5.75 Å². The Hall–Kier alpha value is -1.07. The SMILES string of the molecule is CCCNC(CC)CCCS(=O)(=O)c1cccc(OC)c1. The summed E-state index contributed by atoms with van der Waals surface area (Å²) in [5.41, 5.74) is 0. The molecule has 0 radical (unpaired) electrons. The number of sulfone groups is 1. The molecule has 0 fully saturated rings. The minimum Gasteiger partial charge on any atom is -0.497 e. The van der Waals surface area contributed by atoms with Crippen molar-refractivity contribution in [3.05, 3.63) is 24.3 Å². The molecule has 0 amide bonds. The lowest BCUT2D eigenvalue weighted by Gasteiger charge is -2.16. The number of ether oxygens (including phenoxy) is 1. The summed E-state index contributed by atoms with van der Waals surface area (Å²) in [6.45, 7) is 5.25. The van der Waals surface area contributed by atoms with Crippen molar-refractivity contribution in [2.75, 3.05) is 19.4 Å². The van der Waals surface area contributed by atoms with E-state index >= 15 is 0 Å². The molecule has 21 heavy (non-hydrogen) atoms. The van der Waals surface area contributed by atoms with E-state index in [0.717, 1.165) is 25.8 Å². The molecule has 1 N–H and O–H groups in total. The third-order valence-electron chi connectivity index (χ3n) is 3.54. The van der Waals surface area contributed by atoms with E-state index in [1.807, 2.05) is 0 Å². The number of benzene rings is 1. The average molecular weight is 313 g/mol. The molecule has 120 valence electrons. The van der Waals surface area contributed by atoms with Gasteiger partial charge in [-0.15, -0.1) is 0 Å². The first kappa shape index (κ1) is 18.0. The molecule has 0 spiro atoms. The van der Waals surface area contributed by atoms with E-state index < -0.39 is 9.84 Å². The third kappa shape index (κ3) is 6.06. The zero-order valence-electron chi connectivity index (χ0n) is 13.3. The summed E-state index contributed by atoms with van der Waals surface area (Å²) >= 11 is 0. The van der Waals surface area contributed by atoms with E-state index in [1.54, 1.807) is 24.3 Å². The second-order valence-electron chi connectivity index (χ2n) is 5.20. The van der Waals surface area contributed by atoms with Crippen molar-refractivity contribution in [2.45, 2.75) is 50.5 Å². The number of rotatable bonds is 10. The maximum atomic E-state index is 12.3. The van der Waals surface area contributed by atoms with Gasteiger partial charge in [-0.25, -0.2) is 8.42 Å². The van der Waals surface area contributed by atoms with E-state index in [4.69, 9.17) is 4.74 Å². The van der Waals surface area contributed by atoms with Gasteiger partial charge in [0, 0.05) is 6.04 Å². The second kappa shape index (κ2) is 9.05. The van der Waals surface area contributed by atoms with Crippen LogP contribution in [0.3, 0.4) is 0 Å². The lowest BCUT2D eigenvalue weighted by Crippen LogP contribution is -2.29. The van der Waals surface area contributed by atoms with Crippen LogP contribution >= 0.6 is 0 Å². The van der Waals surface area contributed by atoms with Crippen molar-refractivity contribution < 1.29 is 13.2 Å². The third-order valence-corrected chi connectivity index (χ3v) is 5.34. The molecule has 0 aromatic heterocycles. The Morgan fingerprint density at radius 3 is 2.67 bits per heavy atom. The zero-order valence-corrected chi connectivity index (χ0v) is 14.1. The van der Waals surface area contributed by atoms with Crippen LogP contribution < -0.4 is 10.1 Å². The highest BCUT2D eigenvalue weighted by molar-refractivity contribution is 7.91. The van der Waals surface area contributed by atoms with E-state index in [-0.39, 0.29) is 5.75 Å². The fraction of sp³-hybridized carbons (Fsp3) is 0.625. The molecule has 0 bridgehead atoms. The molecule has 0 heterocycles. The Kier molecular flexibility index (Phi) is 7.75.